The van der Waals surface area contributed by atoms with Gasteiger partial charge in [-0.15, -0.1) is 0 Å². The molecule has 0 fully saturated rings. The lowest BCUT2D eigenvalue weighted by molar-refractivity contribution is 0.247. The van der Waals surface area contributed by atoms with E-state index in [1.165, 1.54) is 6.07 Å². The second-order valence-electron chi connectivity index (χ2n) is 3.90. The predicted molar refractivity (Wildman–Crippen MR) is 65.5 cm³/mol. The topological polar surface area (TPSA) is 54.0 Å². The molecule has 1 heterocycles. The van der Waals surface area contributed by atoms with Gasteiger partial charge >= 0.3 is 6.03 Å². The summed E-state index contributed by atoms with van der Waals surface area (Å²) in [4.78, 5) is 15.2. The van der Waals surface area contributed by atoms with Crippen LogP contribution in [0.5, 0.6) is 0 Å². The molecule has 0 unspecified atom stereocenters. The maximum absolute atomic E-state index is 13.4. The zero-order chi connectivity index (χ0) is 12.8. The molecule has 0 spiro atoms. The standard InChI is InChI=1S/C12H18FN3O/c1-4-9(5-2)15-12(17)16-10-7-6-8(3)14-11(10)13/h6-7,9H,4-5H2,1-3H3,(H2,15,16,17). The number of amides is 2. The van der Waals surface area contributed by atoms with E-state index in [0.29, 0.717) is 5.69 Å². The molecule has 0 bridgehead atoms. The summed E-state index contributed by atoms with van der Waals surface area (Å²) < 4.78 is 13.4. The number of nitrogens with zero attached hydrogens (tertiary/aromatic N) is 1. The Morgan fingerprint density at radius 1 is 1.41 bits per heavy atom. The van der Waals surface area contributed by atoms with Crippen molar-refractivity contribution in [1.29, 1.82) is 0 Å². The lowest BCUT2D eigenvalue weighted by Crippen LogP contribution is -2.37. The molecule has 0 aromatic carbocycles. The van der Waals surface area contributed by atoms with Gasteiger partial charge in [0.1, 0.15) is 0 Å². The van der Waals surface area contributed by atoms with Crippen molar-refractivity contribution in [2.75, 3.05) is 5.32 Å². The van der Waals surface area contributed by atoms with E-state index < -0.39 is 12.0 Å². The number of hydrogen-bond donors (Lipinski definition) is 2. The van der Waals surface area contributed by atoms with Crippen molar-refractivity contribution < 1.29 is 9.18 Å². The Bertz CT molecular complexity index is 391. The van der Waals surface area contributed by atoms with Gasteiger partial charge < -0.3 is 10.6 Å². The summed E-state index contributed by atoms with van der Waals surface area (Å²) in [5, 5.41) is 5.21. The molecule has 0 aliphatic carbocycles. The van der Waals surface area contributed by atoms with Gasteiger partial charge in [-0.3, -0.25) is 0 Å². The Morgan fingerprint density at radius 3 is 2.59 bits per heavy atom. The first-order chi connectivity index (χ1) is 8.06. The summed E-state index contributed by atoms with van der Waals surface area (Å²) in [7, 11) is 0. The molecule has 0 aliphatic rings. The van der Waals surface area contributed by atoms with Gasteiger partial charge in [0.05, 0.1) is 5.69 Å². The minimum Gasteiger partial charge on any atom is -0.335 e. The third-order valence-electron chi connectivity index (χ3n) is 2.56. The number of aryl methyl sites for hydroxylation is 1. The van der Waals surface area contributed by atoms with Crippen molar-refractivity contribution in [3.8, 4) is 0 Å². The largest absolute Gasteiger partial charge is 0.335 e. The SMILES string of the molecule is CCC(CC)NC(=O)Nc1ccc(C)nc1F. The molecule has 94 valence electrons. The fraction of sp³-hybridized carbons (Fsp3) is 0.500. The minimum atomic E-state index is -0.662. The van der Waals surface area contributed by atoms with E-state index in [2.05, 4.69) is 15.6 Å². The lowest BCUT2D eigenvalue weighted by Gasteiger charge is -2.15. The Hall–Kier alpha value is -1.65. The second kappa shape index (κ2) is 6.18. The van der Waals surface area contributed by atoms with Crippen molar-refractivity contribution in [2.24, 2.45) is 0 Å². The van der Waals surface area contributed by atoms with Crippen LogP contribution < -0.4 is 10.6 Å². The van der Waals surface area contributed by atoms with Crippen LogP contribution in [0.3, 0.4) is 0 Å². The van der Waals surface area contributed by atoms with Crippen molar-refractivity contribution >= 4 is 11.7 Å². The number of urea groups is 1. The van der Waals surface area contributed by atoms with Crippen molar-refractivity contribution in [3.05, 3.63) is 23.8 Å². The second-order valence-corrected chi connectivity index (χ2v) is 3.90. The van der Waals surface area contributed by atoms with Gasteiger partial charge in [0.2, 0.25) is 5.95 Å². The van der Waals surface area contributed by atoms with Gasteiger partial charge in [-0.1, -0.05) is 13.8 Å². The number of hydrogen-bond acceptors (Lipinski definition) is 2. The molecular formula is C12H18FN3O. The molecule has 17 heavy (non-hydrogen) atoms. The maximum atomic E-state index is 13.4. The molecular weight excluding hydrogens is 221 g/mol. The zero-order valence-electron chi connectivity index (χ0n) is 10.4. The highest BCUT2D eigenvalue weighted by Crippen LogP contribution is 2.11. The molecule has 1 aromatic heterocycles. The van der Waals surface area contributed by atoms with Crippen LogP contribution in [0.25, 0.3) is 0 Å². The summed E-state index contributed by atoms with van der Waals surface area (Å²) in [6, 6.07) is 2.86. The summed E-state index contributed by atoms with van der Waals surface area (Å²) >= 11 is 0. The van der Waals surface area contributed by atoms with Gasteiger partial charge in [0.15, 0.2) is 0 Å². The van der Waals surface area contributed by atoms with Crippen LogP contribution in [0.4, 0.5) is 14.9 Å². The third-order valence-corrected chi connectivity index (χ3v) is 2.56. The minimum absolute atomic E-state index is 0.0963. The van der Waals surface area contributed by atoms with Crippen LogP contribution in [-0.2, 0) is 0 Å². The van der Waals surface area contributed by atoms with Crippen LogP contribution in [0, 0.1) is 12.9 Å². The monoisotopic (exact) mass is 239 g/mol. The first-order valence-corrected chi connectivity index (χ1v) is 5.77. The van der Waals surface area contributed by atoms with Crippen LogP contribution in [-0.4, -0.2) is 17.1 Å². The van der Waals surface area contributed by atoms with Crippen molar-refractivity contribution in [2.45, 2.75) is 39.7 Å². The number of halogens is 1. The quantitative estimate of drug-likeness (QED) is 0.794. The molecule has 0 radical (unpaired) electrons. The van der Waals surface area contributed by atoms with E-state index in [-0.39, 0.29) is 11.7 Å². The average molecular weight is 239 g/mol. The molecule has 0 saturated carbocycles. The Kier molecular flexibility index (Phi) is 4.87. The highest BCUT2D eigenvalue weighted by molar-refractivity contribution is 5.89. The van der Waals surface area contributed by atoms with E-state index in [4.69, 9.17) is 0 Å². The summed E-state index contributed by atoms with van der Waals surface area (Å²) in [5.74, 6) is -0.662. The number of anilines is 1. The summed E-state index contributed by atoms with van der Waals surface area (Å²) in [5.41, 5.74) is 0.674. The van der Waals surface area contributed by atoms with E-state index in [1.807, 2.05) is 13.8 Å². The normalized spacial score (nSPS) is 10.4. The predicted octanol–water partition coefficient (Wildman–Crippen LogP) is 2.84. The van der Waals surface area contributed by atoms with Gasteiger partial charge in [0.25, 0.3) is 0 Å². The number of pyridine rings is 1. The van der Waals surface area contributed by atoms with E-state index in [0.717, 1.165) is 12.8 Å². The van der Waals surface area contributed by atoms with Crippen LogP contribution in [0.1, 0.15) is 32.4 Å². The number of aromatic nitrogens is 1. The smallest absolute Gasteiger partial charge is 0.319 e. The maximum Gasteiger partial charge on any atom is 0.319 e. The Labute approximate surface area is 101 Å². The number of nitrogens with one attached hydrogen (secondary N) is 2. The van der Waals surface area contributed by atoms with Crippen molar-refractivity contribution in [3.63, 3.8) is 0 Å². The van der Waals surface area contributed by atoms with Crippen LogP contribution >= 0.6 is 0 Å². The lowest BCUT2D eigenvalue weighted by atomic mass is 10.2. The summed E-state index contributed by atoms with van der Waals surface area (Å²) in [6.07, 6.45) is 1.69. The molecule has 5 heteroatoms. The molecule has 0 saturated heterocycles. The molecule has 1 aromatic rings. The van der Waals surface area contributed by atoms with Gasteiger partial charge in [0, 0.05) is 11.7 Å². The van der Waals surface area contributed by atoms with E-state index in [1.54, 1.807) is 13.0 Å². The molecule has 2 N–H and O–H groups in total. The number of rotatable bonds is 4. The first-order valence-electron chi connectivity index (χ1n) is 5.77. The molecule has 2 amide bonds. The number of carbonyl (C=O) groups is 1. The number of carbonyl (C=O) groups excluding carboxylic acids is 1. The van der Waals surface area contributed by atoms with Gasteiger partial charge in [-0.2, -0.15) is 4.39 Å². The highest BCUT2D eigenvalue weighted by atomic mass is 19.1. The Balaban J connectivity index is 2.62. The third kappa shape index (κ3) is 4.01. The average Bonchev–Trinajstić information content (AvgIpc) is 2.29. The molecule has 0 aliphatic heterocycles. The van der Waals surface area contributed by atoms with Crippen LogP contribution in [0.2, 0.25) is 0 Å². The zero-order valence-corrected chi connectivity index (χ0v) is 10.4. The molecule has 0 atom stereocenters. The van der Waals surface area contributed by atoms with Gasteiger partial charge in [-0.05, 0) is 31.9 Å². The van der Waals surface area contributed by atoms with E-state index >= 15 is 0 Å². The van der Waals surface area contributed by atoms with Gasteiger partial charge in [-0.25, -0.2) is 9.78 Å². The molecule has 1 rings (SSSR count). The summed E-state index contributed by atoms with van der Waals surface area (Å²) in [6.45, 7) is 5.67. The highest BCUT2D eigenvalue weighted by Gasteiger charge is 2.11. The fourth-order valence-corrected chi connectivity index (χ4v) is 1.45. The molecule has 4 nitrogen and oxygen atoms in total. The Morgan fingerprint density at radius 2 is 2.06 bits per heavy atom. The van der Waals surface area contributed by atoms with E-state index in [9.17, 15) is 9.18 Å². The van der Waals surface area contributed by atoms with Crippen LogP contribution in [0.15, 0.2) is 12.1 Å². The fourth-order valence-electron chi connectivity index (χ4n) is 1.45. The van der Waals surface area contributed by atoms with Crippen molar-refractivity contribution in [1.82, 2.24) is 10.3 Å². The first kappa shape index (κ1) is 13.4.